The van der Waals surface area contributed by atoms with Crippen LogP contribution in [-0.4, -0.2) is 6.61 Å². The number of benzene rings is 1. The summed E-state index contributed by atoms with van der Waals surface area (Å²) in [5.74, 6) is 0.858. The van der Waals surface area contributed by atoms with Gasteiger partial charge in [0, 0.05) is 6.54 Å². The van der Waals surface area contributed by atoms with E-state index in [0.29, 0.717) is 13.2 Å². The maximum absolute atomic E-state index is 8.87. The molecular formula is C14H20N2O. The molecule has 0 aliphatic heterocycles. The van der Waals surface area contributed by atoms with Crippen LogP contribution in [0.3, 0.4) is 0 Å². The van der Waals surface area contributed by atoms with Crippen LogP contribution < -0.4 is 10.5 Å². The van der Waals surface area contributed by atoms with Gasteiger partial charge >= 0.3 is 0 Å². The predicted octanol–water partition coefficient (Wildman–Crippen LogP) is 2.85. The van der Waals surface area contributed by atoms with Gasteiger partial charge in [0.15, 0.2) is 0 Å². The molecule has 2 N–H and O–H groups in total. The molecule has 0 saturated carbocycles. The molecule has 0 saturated heterocycles. The Bertz CT molecular complexity index is 376. The molecule has 0 aromatic heterocycles. The monoisotopic (exact) mass is 232 g/mol. The minimum atomic E-state index is -0.257. The fourth-order valence-corrected chi connectivity index (χ4v) is 1.48. The van der Waals surface area contributed by atoms with Gasteiger partial charge in [-0.1, -0.05) is 12.1 Å². The Balaban J connectivity index is 2.29. The van der Waals surface area contributed by atoms with Gasteiger partial charge in [-0.15, -0.1) is 0 Å². The van der Waals surface area contributed by atoms with E-state index in [0.717, 1.165) is 24.2 Å². The molecule has 92 valence electrons. The summed E-state index contributed by atoms with van der Waals surface area (Å²) in [5.41, 5.74) is 6.36. The molecule has 0 aliphatic carbocycles. The molecule has 1 aromatic carbocycles. The molecule has 3 nitrogen and oxygen atoms in total. The lowest BCUT2D eigenvalue weighted by atomic mass is 9.90. The van der Waals surface area contributed by atoms with Gasteiger partial charge in [0.2, 0.25) is 0 Å². The largest absolute Gasteiger partial charge is 0.494 e. The van der Waals surface area contributed by atoms with Gasteiger partial charge in [-0.2, -0.15) is 5.26 Å². The molecule has 0 amide bonds. The van der Waals surface area contributed by atoms with Crippen molar-refractivity contribution in [3.63, 3.8) is 0 Å². The highest BCUT2D eigenvalue weighted by Gasteiger charge is 2.15. The third-order valence-corrected chi connectivity index (χ3v) is 2.68. The first-order chi connectivity index (χ1) is 8.07. The van der Waals surface area contributed by atoms with Crippen molar-refractivity contribution in [2.75, 3.05) is 6.61 Å². The Morgan fingerprint density at radius 3 is 2.47 bits per heavy atom. The molecule has 3 heteroatoms. The van der Waals surface area contributed by atoms with Gasteiger partial charge in [-0.05, 0) is 44.4 Å². The van der Waals surface area contributed by atoms with E-state index >= 15 is 0 Å². The average Bonchev–Trinajstić information content (AvgIpc) is 2.35. The molecule has 0 radical (unpaired) electrons. The van der Waals surface area contributed by atoms with Crippen molar-refractivity contribution in [3.8, 4) is 11.8 Å². The van der Waals surface area contributed by atoms with E-state index in [2.05, 4.69) is 6.07 Å². The number of nitrogens with two attached hydrogens (primary N) is 1. The van der Waals surface area contributed by atoms with E-state index in [1.807, 2.05) is 38.1 Å². The number of rotatable bonds is 6. The molecule has 1 rings (SSSR count). The summed E-state index contributed by atoms with van der Waals surface area (Å²) in [4.78, 5) is 0. The fourth-order valence-electron chi connectivity index (χ4n) is 1.48. The molecule has 0 fully saturated rings. The van der Waals surface area contributed by atoms with Crippen molar-refractivity contribution < 1.29 is 4.74 Å². The number of nitrogens with zero attached hydrogens (tertiary/aromatic N) is 1. The van der Waals surface area contributed by atoms with Crippen LogP contribution in [0.25, 0.3) is 0 Å². The average molecular weight is 232 g/mol. The van der Waals surface area contributed by atoms with Gasteiger partial charge in [-0.3, -0.25) is 0 Å². The van der Waals surface area contributed by atoms with Crippen LogP contribution in [0.5, 0.6) is 5.75 Å². The molecule has 17 heavy (non-hydrogen) atoms. The third kappa shape index (κ3) is 4.88. The van der Waals surface area contributed by atoms with E-state index in [1.54, 1.807) is 0 Å². The smallest absolute Gasteiger partial charge is 0.119 e. The topological polar surface area (TPSA) is 59.0 Å². The van der Waals surface area contributed by atoms with Crippen LogP contribution in [0, 0.1) is 16.7 Å². The summed E-state index contributed by atoms with van der Waals surface area (Å²) in [6.07, 6.45) is 1.74. The first-order valence-corrected chi connectivity index (χ1v) is 5.90. The predicted molar refractivity (Wildman–Crippen MR) is 68.5 cm³/mol. The zero-order chi connectivity index (χ0) is 12.7. The van der Waals surface area contributed by atoms with Gasteiger partial charge in [-0.25, -0.2) is 0 Å². The number of hydrogen-bond acceptors (Lipinski definition) is 3. The summed E-state index contributed by atoms with van der Waals surface area (Å²) in [6.45, 7) is 5.09. The lowest BCUT2D eigenvalue weighted by Gasteiger charge is -2.14. The lowest BCUT2D eigenvalue weighted by molar-refractivity contribution is 0.284. The van der Waals surface area contributed by atoms with Gasteiger partial charge in [0.1, 0.15) is 5.75 Å². The number of nitriles is 1. The van der Waals surface area contributed by atoms with Crippen LogP contribution in [0.1, 0.15) is 32.3 Å². The molecular weight excluding hydrogens is 212 g/mol. The van der Waals surface area contributed by atoms with E-state index in [4.69, 9.17) is 15.7 Å². The second kappa shape index (κ2) is 6.27. The Hall–Kier alpha value is -1.53. The molecule has 0 heterocycles. The first kappa shape index (κ1) is 13.5. The molecule has 0 unspecified atom stereocenters. The lowest BCUT2D eigenvalue weighted by Crippen LogP contribution is -2.10. The van der Waals surface area contributed by atoms with Crippen LogP contribution in [-0.2, 0) is 6.54 Å². The minimum Gasteiger partial charge on any atom is -0.494 e. The summed E-state index contributed by atoms with van der Waals surface area (Å²) < 4.78 is 5.60. The molecule has 1 aromatic rings. The van der Waals surface area contributed by atoms with Crippen LogP contribution in [0.4, 0.5) is 0 Å². The Morgan fingerprint density at radius 1 is 1.29 bits per heavy atom. The van der Waals surface area contributed by atoms with Crippen molar-refractivity contribution in [1.29, 1.82) is 5.26 Å². The highest BCUT2D eigenvalue weighted by molar-refractivity contribution is 5.26. The van der Waals surface area contributed by atoms with E-state index in [-0.39, 0.29) is 5.41 Å². The summed E-state index contributed by atoms with van der Waals surface area (Å²) in [6, 6.07) is 10.1. The van der Waals surface area contributed by atoms with Crippen molar-refractivity contribution in [1.82, 2.24) is 0 Å². The second-order valence-corrected chi connectivity index (χ2v) is 4.80. The van der Waals surface area contributed by atoms with Gasteiger partial charge in [0.05, 0.1) is 18.1 Å². The van der Waals surface area contributed by atoms with Gasteiger partial charge < -0.3 is 10.5 Å². The quantitative estimate of drug-likeness (QED) is 0.767. The second-order valence-electron chi connectivity index (χ2n) is 4.80. The Labute approximate surface area is 103 Å². The summed E-state index contributed by atoms with van der Waals surface area (Å²) in [5, 5.41) is 8.87. The zero-order valence-corrected chi connectivity index (χ0v) is 10.6. The fraction of sp³-hybridized carbons (Fsp3) is 0.500. The summed E-state index contributed by atoms with van der Waals surface area (Å²) in [7, 11) is 0. The highest BCUT2D eigenvalue weighted by Crippen LogP contribution is 2.21. The Morgan fingerprint density at radius 2 is 1.94 bits per heavy atom. The summed E-state index contributed by atoms with van der Waals surface area (Å²) >= 11 is 0. The van der Waals surface area contributed by atoms with Gasteiger partial charge in [0.25, 0.3) is 0 Å². The maximum atomic E-state index is 8.87. The van der Waals surface area contributed by atoms with E-state index in [1.165, 1.54) is 0 Å². The minimum absolute atomic E-state index is 0.257. The number of hydrogen-bond donors (Lipinski definition) is 1. The number of ether oxygens (including phenoxy) is 1. The SMILES string of the molecule is CC(C)(C#N)CCCOc1ccc(CN)cc1. The zero-order valence-electron chi connectivity index (χ0n) is 10.6. The van der Waals surface area contributed by atoms with E-state index in [9.17, 15) is 0 Å². The molecule has 0 spiro atoms. The molecule has 0 bridgehead atoms. The highest BCUT2D eigenvalue weighted by atomic mass is 16.5. The van der Waals surface area contributed by atoms with Crippen LogP contribution >= 0.6 is 0 Å². The van der Waals surface area contributed by atoms with E-state index < -0.39 is 0 Å². The van der Waals surface area contributed by atoms with Crippen LogP contribution in [0.15, 0.2) is 24.3 Å². The van der Waals surface area contributed by atoms with Crippen molar-refractivity contribution >= 4 is 0 Å². The van der Waals surface area contributed by atoms with Crippen molar-refractivity contribution in [3.05, 3.63) is 29.8 Å². The molecule has 0 aliphatic rings. The Kier molecular flexibility index (Phi) is 4.99. The molecule has 0 atom stereocenters. The van der Waals surface area contributed by atoms with Crippen LogP contribution in [0.2, 0.25) is 0 Å². The van der Waals surface area contributed by atoms with Crippen molar-refractivity contribution in [2.45, 2.75) is 33.2 Å². The first-order valence-electron chi connectivity index (χ1n) is 5.90. The maximum Gasteiger partial charge on any atom is 0.119 e. The normalized spacial score (nSPS) is 10.9. The van der Waals surface area contributed by atoms with Crippen molar-refractivity contribution in [2.24, 2.45) is 11.1 Å². The standard InChI is InChI=1S/C14H20N2O/c1-14(2,11-16)8-3-9-17-13-6-4-12(10-15)5-7-13/h4-7H,3,8-10,15H2,1-2H3. The third-order valence-electron chi connectivity index (χ3n) is 2.68.